The van der Waals surface area contributed by atoms with Crippen molar-refractivity contribution in [2.24, 2.45) is 23.7 Å². The van der Waals surface area contributed by atoms with E-state index in [1.807, 2.05) is 0 Å². The summed E-state index contributed by atoms with van der Waals surface area (Å²) in [5.74, 6) is 3.28. The van der Waals surface area contributed by atoms with Crippen LogP contribution in [-0.4, -0.2) is 12.7 Å². The van der Waals surface area contributed by atoms with Crippen molar-refractivity contribution < 1.29 is 4.74 Å². The van der Waals surface area contributed by atoms with E-state index in [0.29, 0.717) is 6.10 Å². The van der Waals surface area contributed by atoms with Crippen LogP contribution < -0.4 is 0 Å². The molecule has 1 aliphatic carbocycles. The van der Waals surface area contributed by atoms with E-state index in [1.165, 1.54) is 44.9 Å². The Balaban J connectivity index is 2.17. The van der Waals surface area contributed by atoms with Gasteiger partial charge >= 0.3 is 0 Å². The van der Waals surface area contributed by atoms with E-state index >= 15 is 0 Å². The molecule has 19 heavy (non-hydrogen) atoms. The molecule has 0 aromatic rings. The second kappa shape index (κ2) is 9.00. The van der Waals surface area contributed by atoms with Crippen molar-refractivity contribution in [1.29, 1.82) is 0 Å². The Morgan fingerprint density at radius 2 is 1.47 bits per heavy atom. The number of hydrogen-bond acceptors (Lipinski definition) is 1. The summed E-state index contributed by atoms with van der Waals surface area (Å²) in [7, 11) is 0. The highest BCUT2D eigenvalue weighted by Crippen LogP contribution is 2.28. The van der Waals surface area contributed by atoms with Crippen molar-refractivity contribution in [3.63, 3.8) is 0 Å². The molecule has 114 valence electrons. The fourth-order valence-corrected chi connectivity index (χ4v) is 3.68. The van der Waals surface area contributed by atoms with Crippen molar-refractivity contribution in [3.8, 4) is 0 Å². The van der Waals surface area contributed by atoms with E-state index in [0.717, 1.165) is 30.3 Å². The first-order valence-corrected chi connectivity index (χ1v) is 8.62. The van der Waals surface area contributed by atoms with Gasteiger partial charge in [-0.3, -0.25) is 0 Å². The minimum atomic E-state index is 0.429. The van der Waals surface area contributed by atoms with E-state index in [9.17, 15) is 0 Å². The van der Waals surface area contributed by atoms with Gasteiger partial charge < -0.3 is 4.74 Å². The third-order valence-electron chi connectivity index (χ3n) is 4.97. The molecular weight excluding hydrogens is 232 g/mol. The maximum absolute atomic E-state index is 6.08. The van der Waals surface area contributed by atoms with E-state index in [1.54, 1.807) is 0 Å². The first kappa shape index (κ1) is 17.0. The summed E-state index contributed by atoms with van der Waals surface area (Å²) in [5.41, 5.74) is 0. The third kappa shape index (κ3) is 6.79. The van der Waals surface area contributed by atoms with Crippen molar-refractivity contribution in [2.45, 2.75) is 85.7 Å². The molecule has 0 saturated heterocycles. The lowest BCUT2D eigenvalue weighted by atomic mass is 9.81. The summed E-state index contributed by atoms with van der Waals surface area (Å²) in [4.78, 5) is 0. The second-order valence-electron chi connectivity index (χ2n) is 7.36. The molecule has 1 aliphatic rings. The zero-order valence-corrected chi connectivity index (χ0v) is 14.0. The monoisotopic (exact) mass is 268 g/mol. The summed E-state index contributed by atoms with van der Waals surface area (Å²) < 4.78 is 6.08. The van der Waals surface area contributed by atoms with Gasteiger partial charge in [0.1, 0.15) is 0 Å². The van der Waals surface area contributed by atoms with Crippen molar-refractivity contribution >= 4 is 0 Å². The molecule has 0 bridgehead atoms. The van der Waals surface area contributed by atoms with Gasteiger partial charge in [0, 0.05) is 6.61 Å². The standard InChI is InChI=1S/C18H36O/c1-14(2)18(15(3)4)13-16(5)19-12-11-17-9-7-6-8-10-17/h14-18H,6-13H2,1-5H3. The zero-order valence-electron chi connectivity index (χ0n) is 14.0. The van der Waals surface area contributed by atoms with Crippen LogP contribution in [0.25, 0.3) is 0 Å². The van der Waals surface area contributed by atoms with Crippen LogP contribution in [0.2, 0.25) is 0 Å². The molecule has 1 saturated carbocycles. The first-order chi connectivity index (χ1) is 9.00. The Hall–Kier alpha value is -0.0400. The molecule has 0 radical (unpaired) electrons. The molecular formula is C18H36O. The highest BCUT2D eigenvalue weighted by atomic mass is 16.5. The smallest absolute Gasteiger partial charge is 0.0549 e. The molecule has 0 aromatic heterocycles. The predicted octanol–water partition coefficient (Wildman–Crippen LogP) is 5.68. The Labute approximate surface area is 121 Å². The summed E-state index contributed by atoms with van der Waals surface area (Å²) in [6.45, 7) is 12.6. The number of rotatable bonds is 8. The lowest BCUT2D eigenvalue weighted by Crippen LogP contribution is -2.23. The predicted molar refractivity (Wildman–Crippen MR) is 84.4 cm³/mol. The summed E-state index contributed by atoms with van der Waals surface area (Å²) in [5, 5.41) is 0. The molecule has 1 unspecified atom stereocenters. The minimum Gasteiger partial charge on any atom is -0.378 e. The SMILES string of the molecule is CC(CC(C(C)C)C(C)C)OCCC1CCCCC1. The average molecular weight is 268 g/mol. The third-order valence-corrected chi connectivity index (χ3v) is 4.97. The topological polar surface area (TPSA) is 9.23 Å². The average Bonchev–Trinajstić information content (AvgIpc) is 2.36. The zero-order chi connectivity index (χ0) is 14.3. The summed E-state index contributed by atoms with van der Waals surface area (Å²) in [6, 6.07) is 0. The van der Waals surface area contributed by atoms with Gasteiger partial charge in [-0.05, 0) is 43.4 Å². The maximum atomic E-state index is 6.08. The minimum absolute atomic E-state index is 0.429. The van der Waals surface area contributed by atoms with Crippen LogP contribution >= 0.6 is 0 Å². The quantitative estimate of drug-likeness (QED) is 0.550. The lowest BCUT2D eigenvalue weighted by Gasteiger charge is -2.28. The lowest BCUT2D eigenvalue weighted by molar-refractivity contribution is 0.0265. The Morgan fingerprint density at radius 3 is 2.00 bits per heavy atom. The second-order valence-corrected chi connectivity index (χ2v) is 7.36. The van der Waals surface area contributed by atoms with E-state index < -0.39 is 0 Å². The van der Waals surface area contributed by atoms with E-state index in [4.69, 9.17) is 4.74 Å². The molecule has 0 spiro atoms. The first-order valence-electron chi connectivity index (χ1n) is 8.62. The van der Waals surface area contributed by atoms with Crippen LogP contribution in [0.5, 0.6) is 0 Å². The van der Waals surface area contributed by atoms with Gasteiger partial charge in [0.25, 0.3) is 0 Å². The Bertz CT molecular complexity index is 208. The van der Waals surface area contributed by atoms with Gasteiger partial charge in [0.15, 0.2) is 0 Å². The van der Waals surface area contributed by atoms with Gasteiger partial charge in [-0.15, -0.1) is 0 Å². The summed E-state index contributed by atoms with van der Waals surface area (Å²) >= 11 is 0. The molecule has 1 heteroatoms. The van der Waals surface area contributed by atoms with Gasteiger partial charge in [-0.1, -0.05) is 59.8 Å². The highest BCUT2D eigenvalue weighted by Gasteiger charge is 2.21. The van der Waals surface area contributed by atoms with Gasteiger partial charge in [0.2, 0.25) is 0 Å². The molecule has 0 aromatic carbocycles. The molecule has 0 aliphatic heterocycles. The molecule has 1 nitrogen and oxygen atoms in total. The van der Waals surface area contributed by atoms with Crippen LogP contribution in [0.1, 0.15) is 79.6 Å². The highest BCUT2D eigenvalue weighted by molar-refractivity contribution is 4.70. The number of ether oxygens (including phenoxy) is 1. The molecule has 0 N–H and O–H groups in total. The van der Waals surface area contributed by atoms with E-state index in [-0.39, 0.29) is 0 Å². The molecule has 0 heterocycles. The van der Waals surface area contributed by atoms with Crippen LogP contribution in [0.4, 0.5) is 0 Å². The Morgan fingerprint density at radius 1 is 0.895 bits per heavy atom. The van der Waals surface area contributed by atoms with Gasteiger partial charge in [-0.2, -0.15) is 0 Å². The molecule has 0 amide bonds. The largest absolute Gasteiger partial charge is 0.378 e. The van der Waals surface area contributed by atoms with Gasteiger partial charge in [-0.25, -0.2) is 0 Å². The molecule has 1 rings (SSSR count). The van der Waals surface area contributed by atoms with E-state index in [2.05, 4.69) is 34.6 Å². The van der Waals surface area contributed by atoms with Crippen LogP contribution in [-0.2, 0) is 4.74 Å². The molecule has 1 atom stereocenters. The fraction of sp³-hybridized carbons (Fsp3) is 1.00. The number of hydrogen-bond donors (Lipinski definition) is 0. The molecule has 1 fully saturated rings. The van der Waals surface area contributed by atoms with Crippen molar-refractivity contribution in [2.75, 3.05) is 6.61 Å². The maximum Gasteiger partial charge on any atom is 0.0549 e. The summed E-state index contributed by atoms with van der Waals surface area (Å²) in [6.07, 6.45) is 10.2. The normalized spacial score (nSPS) is 19.6. The van der Waals surface area contributed by atoms with Crippen LogP contribution in [0.15, 0.2) is 0 Å². The van der Waals surface area contributed by atoms with Crippen LogP contribution in [0, 0.1) is 23.7 Å². The Kier molecular flexibility index (Phi) is 8.06. The van der Waals surface area contributed by atoms with Crippen molar-refractivity contribution in [1.82, 2.24) is 0 Å². The van der Waals surface area contributed by atoms with Gasteiger partial charge in [0.05, 0.1) is 6.10 Å². The van der Waals surface area contributed by atoms with Crippen LogP contribution in [0.3, 0.4) is 0 Å². The fourth-order valence-electron chi connectivity index (χ4n) is 3.68. The van der Waals surface area contributed by atoms with Crippen molar-refractivity contribution in [3.05, 3.63) is 0 Å².